The lowest BCUT2D eigenvalue weighted by atomic mass is 10.0. The standard InChI is InChI=1S/C20H20N2O/c1-14-8-9-18(15(2)11-14)13-22-19(23)12-17-6-3-5-16-7-4-10-21-20(16)17/h3-11H,12-13H2,1-2H3,(H,22,23). The van der Waals surface area contributed by atoms with E-state index in [1.54, 1.807) is 6.20 Å². The second-order valence-electron chi connectivity index (χ2n) is 5.88. The Morgan fingerprint density at radius 2 is 1.87 bits per heavy atom. The molecule has 0 bridgehead atoms. The summed E-state index contributed by atoms with van der Waals surface area (Å²) in [7, 11) is 0. The van der Waals surface area contributed by atoms with Gasteiger partial charge in [0.15, 0.2) is 0 Å². The average Bonchev–Trinajstić information content (AvgIpc) is 2.54. The topological polar surface area (TPSA) is 42.0 Å². The predicted octanol–water partition coefficient (Wildman–Crippen LogP) is 3.71. The van der Waals surface area contributed by atoms with Gasteiger partial charge < -0.3 is 5.32 Å². The van der Waals surface area contributed by atoms with E-state index in [2.05, 4.69) is 42.3 Å². The van der Waals surface area contributed by atoms with Crippen LogP contribution < -0.4 is 5.32 Å². The monoisotopic (exact) mass is 304 g/mol. The van der Waals surface area contributed by atoms with Crippen molar-refractivity contribution in [2.24, 2.45) is 0 Å². The summed E-state index contributed by atoms with van der Waals surface area (Å²) in [6, 6.07) is 16.2. The number of carbonyl (C=O) groups is 1. The number of rotatable bonds is 4. The number of nitrogens with zero attached hydrogens (tertiary/aromatic N) is 1. The molecule has 0 fully saturated rings. The highest BCUT2D eigenvalue weighted by molar-refractivity contribution is 5.87. The van der Waals surface area contributed by atoms with E-state index in [0.29, 0.717) is 13.0 Å². The van der Waals surface area contributed by atoms with Crippen LogP contribution in [0, 0.1) is 13.8 Å². The fourth-order valence-electron chi connectivity index (χ4n) is 2.78. The lowest BCUT2D eigenvalue weighted by Crippen LogP contribution is -2.25. The smallest absolute Gasteiger partial charge is 0.224 e. The summed E-state index contributed by atoms with van der Waals surface area (Å²) in [6.07, 6.45) is 2.11. The molecule has 3 heteroatoms. The Labute approximate surface area is 136 Å². The van der Waals surface area contributed by atoms with Gasteiger partial charge in [0.05, 0.1) is 11.9 Å². The molecule has 2 aromatic carbocycles. The SMILES string of the molecule is Cc1ccc(CNC(=O)Cc2cccc3cccnc23)c(C)c1. The van der Waals surface area contributed by atoms with Crippen LogP contribution in [-0.2, 0) is 17.8 Å². The Kier molecular flexibility index (Phi) is 4.38. The summed E-state index contributed by atoms with van der Waals surface area (Å²) in [5.74, 6) is 0.0168. The predicted molar refractivity (Wildman–Crippen MR) is 93.2 cm³/mol. The summed E-state index contributed by atoms with van der Waals surface area (Å²) in [4.78, 5) is 16.7. The van der Waals surface area contributed by atoms with Crippen molar-refractivity contribution in [3.05, 3.63) is 77.0 Å². The van der Waals surface area contributed by atoms with E-state index in [0.717, 1.165) is 22.0 Å². The van der Waals surface area contributed by atoms with Crippen LogP contribution >= 0.6 is 0 Å². The number of aryl methyl sites for hydroxylation is 2. The van der Waals surface area contributed by atoms with Crippen LogP contribution in [0.4, 0.5) is 0 Å². The zero-order valence-electron chi connectivity index (χ0n) is 13.5. The lowest BCUT2D eigenvalue weighted by molar-refractivity contribution is -0.120. The summed E-state index contributed by atoms with van der Waals surface area (Å²) in [5, 5.41) is 4.07. The first kappa shape index (κ1) is 15.2. The van der Waals surface area contributed by atoms with E-state index in [1.165, 1.54) is 11.1 Å². The lowest BCUT2D eigenvalue weighted by Gasteiger charge is -2.10. The molecule has 1 heterocycles. The molecule has 0 atom stereocenters. The molecule has 3 rings (SSSR count). The maximum Gasteiger partial charge on any atom is 0.224 e. The Morgan fingerprint density at radius 1 is 1.04 bits per heavy atom. The third kappa shape index (κ3) is 3.57. The van der Waals surface area contributed by atoms with Crippen molar-refractivity contribution in [1.82, 2.24) is 10.3 Å². The minimum atomic E-state index is 0.0168. The first-order valence-electron chi connectivity index (χ1n) is 7.79. The van der Waals surface area contributed by atoms with E-state index < -0.39 is 0 Å². The number of benzene rings is 2. The van der Waals surface area contributed by atoms with Gasteiger partial charge >= 0.3 is 0 Å². The third-order valence-corrected chi connectivity index (χ3v) is 4.04. The highest BCUT2D eigenvalue weighted by Gasteiger charge is 2.08. The first-order valence-corrected chi connectivity index (χ1v) is 7.79. The molecule has 1 amide bonds. The van der Waals surface area contributed by atoms with Gasteiger partial charge in [0.1, 0.15) is 0 Å². The summed E-state index contributed by atoms with van der Waals surface area (Å²) < 4.78 is 0. The Hall–Kier alpha value is -2.68. The molecule has 1 aromatic heterocycles. The van der Waals surface area contributed by atoms with Crippen LogP contribution in [0.3, 0.4) is 0 Å². The van der Waals surface area contributed by atoms with Gasteiger partial charge in [-0.15, -0.1) is 0 Å². The number of fused-ring (bicyclic) bond motifs is 1. The maximum absolute atomic E-state index is 12.3. The molecule has 3 aromatic rings. The van der Waals surface area contributed by atoms with E-state index in [1.807, 2.05) is 30.3 Å². The van der Waals surface area contributed by atoms with Crippen molar-refractivity contribution in [2.45, 2.75) is 26.8 Å². The molecule has 23 heavy (non-hydrogen) atoms. The van der Waals surface area contributed by atoms with Crippen molar-refractivity contribution < 1.29 is 4.79 Å². The summed E-state index contributed by atoms with van der Waals surface area (Å²) in [5.41, 5.74) is 5.45. The van der Waals surface area contributed by atoms with Crippen LogP contribution in [0.25, 0.3) is 10.9 Å². The zero-order valence-corrected chi connectivity index (χ0v) is 13.5. The van der Waals surface area contributed by atoms with E-state index in [9.17, 15) is 4.79 Å². The molecular formula is C20H20N2O. The fourth-order valence-corrected chi connectivity index (χ4v) is 2.78. The number of hydrogen-bond donors (Lipinski definition) is 1. The second-order valence-corrected chi connectivity index (χ2v) is 5.88. The van der Waals surface area contributed by atoms with Crippen LogP contribution in [0.1, 0.15) is 22.3 Å². The highest BCUT2D eigenvalue weighted by Crippen LogP contribution is 2.16. The quantitative estimate of drug-likeness (QED) is 0.798. The number of pyridine rings is 1. The van der Waals surface area contributed by atoms with Gasteiger partial charge in [0.2, 0.25) is 5.91 Å². The number of nitrogens with one attached hydrogen (secondary N) is 1. The molecule has 0 aliphatic heterocycles. The number of aromatic nitrogens is 1. The van der Waals surface area contributed by atoms with Gasteiger partial charge in [-0.3, -0.25) is 9.78 Å². The number of hydrogen-bond acceptors (Lipinski definition) is 2. The minimum absolute atomic E-state index is 0.0168. The number of carbonyl (C=O) groups excluding carboxylic acids is 1. The van der Waals surface area contributed by atoms with Crippen LogP contribution in [0.5, 0.6) is 0 Å². The second kappa shape index (κ2) is 6.61. The van der Waals surface area contributed by atoms with Gasteiger partial charge in [-0.2, -0.15) is 0 Å². The van der Waals surface area contributed by atoms with Crippen LogP contribution in [0.2, 0.25) is 0 Å². The highest BCUT2D eigenvalue weighted by atomic mass is 16.1. The molecule has 3 nitrogen and oxygen atoms in total. The van der Waals surface area contributed by atoms with Crippen LogP contribution in [0.15, 0.2) is 54.7 Å². The first-order chi connectivity index (χ1) is 11.1. The molecule has 0 saturated heterocycles. The maximum atomic E-state index is 12.3. The van der Waals surface area contributed by atoms with Crippen molar-refractivity contribution in [2.75, 3.05) is 0 Å². The Morgan fingerprint density at radius 3 is 2.70 bits per heavy atom. The third-order valence-electron chi connectivity index (χ3n) is 4.04. The number of amides is 1. The molecule has 1 N–H and O–H groups in total. The zero-order chi connectivity index (χ0) is 16.2. The molecule has 0 unspecified atom stereocenters. The largest absolute Gasteiger partial charge is 0.352 e. The van der Waals surface area contributed by atoms with Crippen LogP contribution in [-0.4, -0.2) is 10.9 Å². The molecule has 0 saturated carbocycles. The molecule has 116 valence electrons. The molecule has 0 radical (unpaired) electrons. The molecular weight excluding hydrogens is 284 g/mol. The molecule has 0 spiro atoms. The van der Waals surface area contributed by atoms with Crippen molar-refractivity contribution in [3.63, 3.8) is 0 Å². The van der Waals surface area contributed by atoms with Gasteiger partial charge in [0, 0.05) is 18.1 Å². The van der Waals surface area contributed by atoms with E-state index in [-0.39, 0.29) is 5.91 Å². The van der Waals surface area contributed by atoms with Gasteiger partial charge in [-0.05, 0) is 36.6 Å². The van der Waals surface area contributed by atoms with Crippen molar-refractivity contribution >= 4 is 16.8 Å². The van der Waals surface area contributed by atoms with E-state index >= 15 is 0 Å². The van der Waals surface area contributed by atoms with Crippen molar-refractivity contribution in [3.8, 4) is 0 Å². The summed E-state index contributed by atoms with van der Waals surface area (Å²) in [6.45, 7) is 4.70. The minimum Gasteiger partial charge on any atom is -0.352 e. The van der Waals surface area contributed by atoms with Gasteiger partial charge in [-0.1, -0.05) is 48.0 Å². The Balaban J connectivity index is 1.69. The number of para-hydroxylation sites is 1. The van der Waals surface area contributed by atoms with E-state index in [4.69, 9.17) is 0 Å². The summed E-state index contributed by atoms with van der Waals surface area (Å²) >= 11 is 0. The molecule has 0 aliphatic rings. The Bertz CT molecular complexity index is 850. The molecule has 0 aliphatic carbocycles. The van der Waals surface area contributed by atoms with Gasteiger partial charge in [0.25, 0.3) is 0 Å². The van der Waals surface area contributed by atoms with Crippen molar-refractivity contribution in [1.29, 1.82) is 0 Å². The average molecular weight is 304 g/mol. The van der Waals surface area contributed by atoms with Gasteiger partial charge in [-0.25, -0.2) is 0 Å². The normalized spacial score (nSPS) is 10.7. The fraction of sp³-hybridized carbons (Fsp3) is 0.200.